The first kappa shape index (κ1) is 15.1. The first-order valence-electron chi connectivity index (χ1n) is 5.28. The number of aryl methyl sites for hydroxylation is 1. The van der Waals surface area contributed by atoms with Crippen molar-refractivity contribution in [2.24, 2.45) is 0 Å². The van der Waals surface area contributed by atoms with E-state index in [9.17, 15) is 12.8 Å². The van der Waals surface area contributed by atoms with Gasteiger partial charge in [-0.25, -0.2) is 4.39 Å². The van der Waals surface area contributed by atoms with E-state index in [1.165, 1.54) is 36.4 Å². The molecule has 0 fully saturated rings. The van der Waals surface area contributed by atoms with Gasteiger partial charge in [-0.2, -0.15) is 8.42 Å². The molecule has 0 atom stereocenters. The lowest BCUT2D eigenvalue weighted by Crippen LogP contribution is -1.96. The lowest BCUT2D eigenvalue weighted by molar-refractivity contribution is 0.473. The summed E-state index contributed by atoms with van der Waals surface area (Å²) in [6.45, 7) is 1.84. The number of hydrogen-bond donors (Lipinski definition) is 2. The summed E-state index contributed by atoms with van der Waals surface area (Å²) < 4.78 is 41.5. The van der Waals surface area contributed by atoms with E-state index in [4.69, 9.17) is 9.66 Å². The van der Waals surface area contributed by atoms with Crippen LogP contribution in [0, 0.1) is 12.7 Å². The van der Waals surface area contributed by atoms with Crippen LogP contribution in [0.4, 0.5) is 4.39 Å². The minimum absolute atomic E-state index is 0.0666. The van der Waals surface area contributed by atoms with E-state index in [0.717, 1.165) is 5.56 Å². The van der Waals surface area contributed by atoms with Crippen LogP contribution in [0.1, 0.15) is 5.56 Å². The molecule has 0 aliphatic heterocycles. The quantitative estimate of drug-likeness (QED) is 0.790. The van der Waals surface area contributed by atoms with Crippen LogP contribution in [-0.4, -0.2) is 18.1 Å². The molecule has 2 aromatic carbocycles. The molecule has 0 heterocycles. The van der Waals surface area contributed by atoms with Gasteiger partial charge in [0.15, 0.2) is 0 Å². The van der Waals surface area contributed by atoms with Crippen molar-refractivity contribution in [1.82, 2.24) is 0 Å². The van der Waals surface area contributed by atoms with Crippen molar-refractivity contribution >= 4 is 10.1 Å². The van der Waals surface area contributed by atoms with Gasteiger partial charge in [-0.3, -0.25) is 4.55 Å². The summed E-state index contributed by atoms with van der Waals surface area (Å²) in [5, 5.41) is 8.59. The normalized spacial score (nSPS) is 10.5. The number of aromatic hydroxyl groups is 1. The van der Waals surface area contributed by atoms with Gasteiger partial charge in [-0.1, -0.05) is 17.7 Å². The first-order valence-corrected chi connectivity index (χ1v) is 6.72. The zero-order chi connectivity index (χ0) is 14.5. The molecule has 6 heteroatoms. The highest BCUT2D eigenvalue weighted by Gasteiger charge is 2.06. The number of phenolic OH excluding ortho intramolecular Hbond substituents is 1. The van der Waals surface area contributed by atoms with Gasteiger partial charge >= 0.3 is 0 Å². The molecule has 0 amide bonds. The number of phenols is 1. The van der Waals surface area contributed by atoms with Gasteiger partial charge in [-0.15, -0.1) is 0 Å². The Kier molecular flexibility index (Phi) is 5.02. The molecule has 2 aromatic rings. The van der Waals surface area contributed by atoms with Crippen molar-refractivity contribution in [1.29, 1.82) is 0 Å². The average molecular weight is 284 g/mol. The lowest BCUT2D eigenvalue weighted by atomic mass is 10.2. The fraction of sp³-hybridized carbons (Fsp3) is 0.0769. The summed E-state index contributed by atoms with van der Waals surface area (Å²) in [5.41, 5.74) is 0.956. The predicted octanol–water partition coefficient (Wildman–Crippen LogP) is 2.77. The predicted molar refractivity (Wildman–Crippen MR) is 69.1 cm³/mol. The molecule has 4 nitrogen and oxygen atoms in total. The molecule has 0 aliphatic carbocycles. The third-order valence-electron chi connectivity index (χ3n) is 2.15. The lowest BCUT2D eigenvalue weighted by Gasteiger charge is -1.95. The summed E-state index contributed by atoms with van der Waals surface area (Å²) >= 11 is 0. The zero-order valence-corrected chi connectivity index (χ0v) is 10.9. The van der Waals surface area contributed by atoms with E-state index in [2.05, 4.69) is 0 Å². The van der Waals surface area contributed by atoms with Gasteiger partial charge in [0.2, 0.25) is 0 Å². The maximum absolute atomic E-state index is 12.0. The minimum atomic E-state index is -4.02. The van der Waals surface area contributed by atoms with Crippen molar-refractivity contribution in [3.05, 3.63) is 59.9 Å². The molecule has 2 N–H and O–H groups in total. The zero-order valence-electron chi connectivity index (χ0n) is 10.1. The molecule has 2 rings (SSSR count). The Morgan fingerprint density at radius 1 is 0.947 bits per heavy atom. The Morgan fingerprint density at radius 3 is 1.79 bits per heavy atom. The summed E-state index contributed by atoms with van der Waals surface area (Å²) in [7, 11) is -4.02. The SMILES string of the molecule is Cc1ccc(S(=O)(=O)O)cc1.Oc1ccc(F)cc1. The maximum Gasteiger partial charge on any atom is 0.294 e. The van der Waals surface area contributed by atoms with E-state index in [-0.39, 0.29) is 16.5 Å². The van der Waals surface area contributed by atoms with E-state index >= 15 is 0 Å². The van der Waals surface area contributed by atoms with E-state index in [1.807, 2.05) is 6.92 Å². The minimum Gasteiger partial charge on any atom is -0.508 e. The van der Waals surface area contributed by atoms with Crippen LogP contribution >= 0.6 is 0 Å². The van der Waals surface area contributed by atoms with Crippen LogP contribution in [0.3, 0.4) is 0 Å². The molecule has 0 saturated heterocycles. The Morgan fingerprint density at radius 2 is 1.42 bits per heavy atom. The summed E-state index contributed by atoms with van der Waals surface area (Å²) in [5.74, 6) is -0.241. The number of halogens is 1. The molecule has 102 valence electrons. The van der Waals surface area contributed by atoms with Crippen LogP contribution < -0.4 is 0 Å². The molecule has 0 spiro atoms. The molecule has 0 bridgehead atoms. The van der Waals surface area contributed by atoms with Crippen LogP contribution in [0.5, 0.6) is 5.75 Å². The second kappa shape index (κ2) is 6.31. The fourth-order valence-corrected chi connectivity index (χ4v) is 1.63. The Hall–Kier alpha value is -1.92. The van der Waals surface area contributed by atoms with Crippen LogP contribution in [0.15, 0.2) is 53.4 Å². The van der Waals surface area contributed by atoms with Crippen molar-refractivity contribution in [2.45, 2.75) is 11.8 Å². The molecule has 0 aromatic heterocycles. The highest BCUT2D eigenvalue weighted by atomic mass is 32.2. The average Bonchev–Trinajstić information content (AvgIpc) is 2.33. The van der Waals surface area contributed by atoms with Gasteiger partial charge in [0, 0.05) is 0 Å². The van der Waals surface area contributed by atoms with Crippen molar-refractivity contribution in [3.63, 3.8) is 0 Å². The molecular formula is C13H13FO4S. The van der Waals surface area contributed by atoms with E-state index in [0.29, 0.717) is 0 Å². The van der Waals surface area contributed by atoms with Gasteiger partial charge in [0.1, 0.15) is 11.6 Å². The third kappa shape index (κ3) is 5.50. The summed E-state index contributed by atoms with van der Waals surface area (Å²) in [6.07, 6.45) is 0. The summed E-state index contributed by atoms with van der Waals surface area (Å²) in [6, 6.07) is 11.0. The second-order valence-electron chi connectivity index (χ2n) is 3.76. The third-order valence-corrected chi connectivity index (χ3v) is 3.01. The maximum atomic E-state index is 12.0. The highest BCUT2D eigenvalue weighted by molar-refractivity contribution is 7.85. The Balaban J connectivity index is 0.000000200. The smallest absolute Gasteiger partial charge is 0.294 e. The molecule has 0 aliphatic rings. The van der Waals surface area contributed by atoms with E-state index < -0.39 is 10.1 Å². The Labute approximate surface area is 110 Å². The van der Waals surface area contributed by atoms with Crippen molar-refractivity contribution in [3.8, 4) is 5.75 Å². The van der Waals surface area contributed by atoms with Gasteiger partial charge in [-0.05, 0) is 43.3 Å². The second-order valence-corrected chi connectivity index (χ2v) is 5.19. The van der Waals surface area contributed by atoms with Crippen molar-refractivity contribution in [2.75, 3.05) is 0 Å². The molecule has 0 unspecified atom stereocenters. The molecule has 0 saturated carbocycles. The van der Waals surface area contributed by atoms with Crippen molar-refractivity contribution < 1.29 is 22.5 Å². The number of rotatable bonds is 1. The number of benzene rings is 2. The Bertz CT molecular complexity index is 598. The van der Waals surface area contributed by atoms with Crippen LogP contribution in [0.2, 0.25) is 0 Å². The largest absolute Gasteiger partial charge is 0.508 e. The monoisotopic (exact) mass is 284 g/mol. The number of hydrogen-bond acceptors (Lipinski definition) is 3. The van der Waals surface area contributed by atoms with E-state index in [1.54, 1.807) is 12.1 Å². The molecular weight excluding hydrogens is 271 g/mol. The summed E-state index contributed by atoms with van der Waals surface area (Å²) in [4.78, 5) is -0.0666. The van der Waals surface area contributed by atoms with Gasteiger partial charge in [0.25, 0.3) is 10.1 Å². The van der Waals surface area contributed by atoms with Crippen LogP contribution in [0.25, 0.3) is 0 Å². The molecule has 19 heavy (non-hydrogen) atoms. The highest BCUT2D eigenvalue weighted by Crippen LogP contribution is 2.08. The fourth-order valence-electron chi connectivity index (χ4n) is 1.15. The van der Waals surface area contributed by atoms with Gasteiger partial charge in [0.05, 0.1) is 4.90 Å². The standard InChI is InChI=1S/C7H8O3S.C6H5FO/c1-6-2-4-7(5-3-6)11(8,9)10;7-5-1-3-6(8)4-2-5/h2-5H,1H3,(H,8,9,10);1-4,8H. The molecule has 0 radical (unpaired) electrons. The van der Waals surface area contributed by atoms with Crippen LogP contribution in [-0.2, 0) is 10.1 Å². The topological polar surface area (TPSA) is 74.6 Å². The van der Waals surface area contributed by atoms with Gasteiger partial charge < -0.3 is 5.11 Å². The first-order chi connectivity index (χ1) is 8.79.